The van der Waals surface area contributed by atoms with Gasteiger partial charge in [-0.25, -0.2) is 17.6 Å². The Bertz CT molecular complexity index is 1050. The first kappa shape index (κ1) is 19.3. The molecule has 2 aliphatic rings. The van der Waals surface area contributed by atoms with E-state index in [0.717, 1.165) is 0 Å². The lowest BCUT2D eigenvalue weighted by molar-refractivity contribution is -0.125. The van der Waals surface area contributed by atoms with Crippen molar-refractivity contribution < 1.29 is 27.1 Å². The Balaban J connectivity index is 1.44. The molecule has 4 rings (SSSR count). The van der Waals surface area contributed by atoms with Crippen LogP contribution in [0, 0.1) is 5.82 Å². The van der Waals surface area contributed by atoms with Gasteiger partial charge in [-0.15, -0.1) is 0 Å². The summed E-state index contributed by atoms with van der Waals surface area (Å²) in [6.07, 6.45) is 0.408. The zero-order valence-corrected chi connectivity index (χ0v) is 16.0. The summed E-state index contributed by atoms with van der Waals surface area (Å²) in [6.45, 7) is 0.230. The normalized spacial score (nSPS) is 19.1. The average molecular weight is 419 g/mol. The van der Waals surface area contributed by atoms with Crippen molar-refractivity contribution in [1.82, 2.24) is 14.9 Å². The van der Waals surface area contributed by atoms with Crippen LogP contribution in [0.3, 0.4) is 0 Å². The van der Waals surface area contributed by atoms with Gasteiger partial charge in [0.05, 0.1) is 4.90 Å². The third-order valence-corrected chi connectivity index (χ3v) is 7.01. The number of rotatable bonds is 4. The van der Waals surface area contributed by atoms with E-state index < -0.39 is 27.5 Å². The Kier molecular flexibility index (Phi) is 4.75. The first-order chi connectivity index (χ1) is 13.8. The fourth-order valence-corrected chi connectivity index (χ4v) is 4.90. The molecular weight excluding hydrogens is 401 g/mol. The molecule has 0 aromatic heterocycles. The van der Waals surface area contributed by atoms with Crippen LogP contribution in [0.25, 0.3) is 0 Å². The molecule has 2 N–H and O–H groups in total. The largest absolute Gasteiger partial charge is 0.457 e. The van der Waals surface area contributed by atoms with Crippen LogP contribution in [0.5, 0.6) is 11.5 Å². The summed E-state index contributed by atoms with van der Waals surface area (Å²) in [5.41, 5.74) is -1.03. The van der Waals surface area contributed by atoms with Gasteiger partial charge in [0, 0.05) is 13.1 Å². The van der Waals surface area contributed by atoms with Crippen molar-refractivity contribution in [3.63, 3.8) is 0 Å². The smallest absolute Gasteiger partial charge is 0.322 e. The minimum absolute atomic E-state index is 0.0971. The lowest BCUT2D eigenvalue weighted by Crippen LogP contribution is -2.55. The summed E-state index contributed by atoms with van der Waals surface area (Å²) in [4.78, 5) is 23.5. The van der Waals surface area contributed by atoms with Gasteiger partial charge in [0.15, 0.2) is 0 Å². The molecule has 3 amide bonds. The van der Waals surface area contributed by atoms with Gasteiger partial charge in [-0.1, -0.05) is 0 Å². The van der Waals surface area contributed by atoms with E-state index in [1.165, 1.54) is 52.8 Å². The first-order valence-electron chi connectivity index (χ1n) is 8.96. The summed E-state index contributed by atoms with van der Waals surface area (Å²) < 4.78 is 45.6. The molecular formula is C19H18FN3O5S. The standard InChI is InChI=1S/C19H18FN3O5S/c20-13-1-3-14(4-2-13)28-15-5-7-16(8-6-15)29(26,27)23-11-9-19(10-12-23)17(24)21-18(25)22-19/h1-8H,9-12H2,(H2,21,22,24,25). The van der Waals surface area contributed by atoms with Crippen molar-refractivity contribution in [1.29, 1.82) is 0 Å². The van der Waals surface area contributed by atoms with Gasteiger partial charge in [-0.05, 0) is 61.4 Å². The van der Waals surface area contributed by atoms with Gasteiger partial charge in [0.25, 0.3) is 5.91 Å². The molecule has 2 aliphatic heterocycles. The van der Waals surface area contributed by atoms with E-state index in [1.54, 1.807) is 0 Å². The van der Waals surface area contributed by atoms with Crippen LogP contribution in [0.1, 0.15) is 12.8 Å². The summed E-state index contributed by atoms with van der Waals surface area (Å²) in [6, 6.07) is 10.8. The van der Waals surface area contributed by atoms with Crippen molar-refractivity contribution >= 4 is 22.0 Å². The number of nitrogens with zero attached hydrogens (tertiary/aromatic N) is 1. The van der Waals surface area contributed by atoms with Gasteiger partial charge in [-0.2, -0.15) is 4.31 Å². The lowest BCUT2D eigenvalue weighted by Gasteiger charge is -2.36. The molecule has 2 aromatic rings. The van der Waals surface area contributed by atoms with Gasteiger partial charge in [0.1, 0.15) is 22.9 Å². The molecule has 8 nitrogen and oxygen atoms in total. The second-order valence-corrected chi connectivity index (χ2v) is 8.86. The number of benzene rings is 2. The Hall–Kier alpha value is -2.98. The van der Waals surface area contributed by atoms with Gasteiger partial charge in [0.2, 0.25) is 10.0 Å². The SMILES string of the molecule is O=C1NC(=O)C2(CCN(S(=O)(=O)c3ccc(Oc4ccc(F)cc4)cc3)CC2)N1. The maximum absolute atomic E-state index is 13.0. The van der Waals surface area contributed by atoms with Gasteiger partial charge >= 0.3 is 6.03 Å². The highest BCUT2D eigenvalue weighted by Gasteiger charge is 2.49. The topological polar surface area (TPSA) is 105 Å². The number of hydrogen-bond acceptors (Lipinski definition) is 5. The first-order valence-corrected chi connectivity index (χ1v) is 10.4. The number of ether oxygens (including phenoxy) is 1. The number of hydrogen-bond donors (Lipinski definition) is 2. The molecule has 0 aliphatic carbocycles. The van der Waals surface area contributed by atoms with Crippen LogP contribution in [-0.2, 0) is 14.8 Å². The van der Waals surface area contributed by atoms with Crippen molar-refractivity contribution in [3.8, 4) is 11.5 Å². The number of carbonyl (C=O) groups excluding carboxylic acids is 2. The molecule has 2 saturated heterocycles. The second kappa shape index (κ2) is 7.12. The van der Waals surface area contributed by atoms with Crippen LogP contribution in [0.2, 0.25) is 0 Å². The molecule has 29 heavy (non-hydrogen) atoms. The summed E-state index contributed by atoms with van der Waals surface area (Å²) in [5.74, 6) is 0.0531. The molecule has 0 bridgehead atoms. The van der Waals surface area contributed by atoms with E-state index in [2.05, 4.69) is 10.6 Å². The summed E-state index contributed by atoms with van der Waals surface area (Å²) in [7, 11) is -3.75. The number of sulfonamides is 1. The number of nitrogens with one attached hydrogen (secondary N) is 2. The fraction of sp³-hybridized carbons (Fsp3) is 0.263. The van der Waals surface area contributed by atoms with E-state index in [1.807, 2.05) is 0 Å². The number of piperidine rings is 1. The van der Waals surface area contributed by atoms with Gasteiger partial charge < -0.3 is 10.1 Å². The van der Waals surface area contributed by atoms with E-state index in [4.69, 9.17) is 4.74 Å². The summed E-state index contributed by atoms with van der Waals surface area (Å²) >= 11 is 0. The van der Waals surface area contributed by atoms with Crippen LogP contribution in [0.15, 0.2) is 53.4 Å². The maximum atomic E-state index is 13.0. The molecule has 152 valence electrons. The Morgan fingerprint density at radius 3 is 2.00 bits per heavy atom. The zero-order valence-electron chi connectivity index (χ0n) is 15.2. The molecule has 0 unspecified atom stereocenters. The van der Waals surface area contributed by atoms with E-state index >= 15 is 0 Å². The number of imide groups is 1. The third-order valence-electron chi connectivity index (χ3n) is 5.10. The van der Waals surface area contributed by atoms with Crippen LogP contribution in [0.4, 0.5) is 9.18 Å². The maximum Gasteiger partial charge on any atom is 0.322 e. The molecule has 1 spiro atoms. The highest BCUT2D eigenvalue weighted by atomic mass is 32.2. The highest BCUT2D eigenvalue weighted by Crippen LogP contribution is 2.30. The number of urea groups is 1. The van der Waals surface area contributed by atoms with Crippen molar-refractivity contribution in [2.45, 2.75) is 23.3 Å². The van der Waals surface area contributed by atoms with Crippen molar-refractivity contribution in [2.75, 3.05) is 13.1 Å². The molecule has 2 heterocycles. The monoisotopic (exact) mass is 419 g/mol. The minimum Gasteiger partial charge on any atom is -0.457 e. The predicted octanol–water partition coefficient (Wildman–Crippen LogP) is 1.98. The van der Waals surface area contributed by atoms with E-state index in [0.29, 0.717) is 11.5 Å². The number of amides is 3. The van der Waals surface area contributed by atoms with Crippen LogP contribution >= 0.6 is 0 Å². The van der Waals surface area contributed by atoms with Crippen molar-refractivity contribution in [2.24, 2.45) is 0 Å². The van der Waals surface area contributed by atoms with Gasteiger partial charge in [-0.3, -0.25) is 10.1 Å². The number of carbonyl (C=O) groups is 2. The molecule has 0 radical (unpaired) electrons. The molecule has 10 heteroatoms. The van der Waals surface area contributed by atoms with E-state index in [9.17, 15) is 22.4 Å². The fourth-order valence-electron chi connectivity index (χ4n) is 3.46. The Labute approximate surface area is 166 Å². The molecule has 0 saturated carbocycles. The highest BCUT2D eigenvalue weighted by molar-refractivity contribution is 7.89. The lowest BCUT2D eigenvalue weighted by atomic mass is 9.89. The Morgan fingerprint density at radius 2 is 1.48 bits per heavy atom. The second-order valence-electron chi connectivity index (χ2n) is 6.92. The predicted molar refractivity (Wildman–Crippen MR) is 100 cm³/mol. The average Bonchev–Trinajstić information content (AvgIpc) is 2.97. The molecule has 2 aromatic carbocycles. The third kappa shape index (κ3) is 3.68. The van der Waals surface area contributed by atoms with Crippen LogP contribution in [-0.4, -0.2) is 43.3 Å². The van der Waals surface area contributed by atoms with E-state index in [-0.39, 0.29) is 36.6 Å². The van der Waals surface area contributed by atoms with Crippen LogP contribution < -0.4 is 15.4 Å². The zero-order chi connectivity index (χ0) is 20.6. The molecule has 0 atom stereocenters. The number of halogens is 1. The Morgan fingerprint density at radius 1 is 0.931 bits per heavy atom. The molecule has 2 fully saturated rings. The minimum atomic E-state index is -3.75. The summed E-state index contributed by atoms with van der Waals surface area (Å²) in [5, 5.41) is 4.80. The quantitative estimate of drug-likeness (QED) is 0.738. The van der Waals surface area contributed by atoms with Crippen molar-refractivity contribution in [3.05, 3.63) is 54.3 Å².